The normalized spacial score (nSPS) is 17.3. The van der Waals surface area contributed by atoms with Crippen molar-refractivity contribution in [3.8, 4) is 28.5 Å². The molecule has 0 unspecified atom stereocenters. The maximum absolute atomic E-state index is 10.3. The molecule has 5 aromatic rings. The fraction of sp³-hybridized carbons (Fsp3) is 0.333. The van der Waals surface area contributed by atoms with Gasteiger partial charge in [0.2, 0.25) is 5.69 Å². The predicted molar refractivity (Wildman–Crippen MR) is 157 cm³/mol. The second-order valence-electron chi connectivity index (χ2n) is 12.0. The van der Waals surface area contributed by atoms with E-state index in [1.54, 1.807) is 0 Å². The van der Waals surface area contributed by atoms with Crippen LogP contribution in [0, 0.1) is 23.7 Å². The maximum atomic E-state index is 10.3. The number of nitriles is 1. The molecule has 2 aromatic heterocycles. The first-order valence-corrected chi connectivity index (χ1v) is 14.5. The summed E-state index contributed by atoms with van der Waals surface area (Å²) < 4.78 is 9.00. The quantitative estimate of drug-likeness (QED) is 0.227. The third kappa shape index (κ3) is 3.89. The molecule has 2 aliphatic carbocycles. The third-order valence-electron chi connectivity index (χ3n) is 9.83. The monoisotopic (exact) mass is 511 g/mol. The fourth-order valence-corrected chi connectivity index (χ4v) is 7.71. The lowest BCUT2D eigenvalue weighted by atomic mass is 9.67. The van der Waals surface area contributed by atoms with Gasteiger partial charge in [-0.15, -0.1) is 0 Å². The van der Waals surface area contributed by atoms with Crippen molar-refractivity contribution in [1.82, 2.24) is 0 Å². The zero-order valence-corrected chi connectivity index (χ0v) is 23.0. The summed E-state index contributed by atoms with van der Waals surface area (Å²) >= 11 is 0. The molecule has 39 heavy (non-hydrogen) atoms. The molecule has 194 valence electrons. The van der Waals surface area contributed by atoms with E-state index in [2.05, 4.69) is 85.4 Å². The molecule has 2 fully saturated rings. The van der Waals surface area contributed by atoms with Crippen molar-refractivity contribution in [1.29, 1.82) is 5.26 Å². The lowest BCUT2D eigenvalue weighted by Gasteiger charge is -2.38. The Bertz CT molecular complexity index is 1750. The van der Waals surface area contributed by atoms with E-state index in [1.165, 1.54) is 62.5 Å². The summed E-state index contributed by atoms with van der Waals surface area (Å²) in [6.07, 6.45) is 12.9. The Labute approximate surface area is 230 Å². The van der Waals surface area contributed by atoms with Crippen LogP contribution in [0.2, 0.25) is 0 Å². The lowest BCUT2D eigenvalue weighted by Crippen LogP contribution is -2.30. The Balaban J connectivity index is 1.42. The van der Waals surface area contributed by atoms with Crippen molar-refractivity contribution in [3.05, 3.63) is 89.6 Å². The summed E-state index contributed by atoms with van der Waals surface area (Å²) in [7, 11) is 2.07. The van der Waals surface area contributed by atoms with Crippen molar-refractivity contribution in [2.45, 2.75) is 64.2 Å². The summed E-state index contributed by atoms with van der Waals surface area (Å²) in [4.78, 5) is 0. The predicted octanol–water partition coefficient (Wildman–Crippen LogP) is 9.14. The molecule has 0 radical (unpaired) electrons. The second kappa shape index (κ2) is 9.38. The number of hydrogen-bond donors (Lipinski definition) is 0. The topological polar surface area (TPSA) is 40.8 Å². The van der Waals surface area contributed by atoms with E-state index in [0.717, 1.165) is 44.3 Å². The molecule has 1 spiro atoms. The van der Waals surface area contributed by atoms with E-state index in [1.807, 2.05) is 12.1 Å². The summed E-state index contributed by atoms with van der Waals surface area (Å²) in [6, 6.07) is 26.0. The van der Waals surface area contributed by atoms with Crippen LogP contribution in [0.15, 0.2) is 77.3 Å². The van der Waals surface area contributed by atoms with Gasteiger partial charge in [0.15, 0.2) is 6.20 Å². The van der Waals surface area contributed by atoms with E-state index in [0.29, 0.717) is 16.9 Å². The van der Waals surface area contributed by atoms with Crippen LogP contribution in [0.3, 0.4) is 0 Å². The maximum Gasteiger partial charge on any atom is 0.216 e. The van der Waals surface area contributed by atoms with Gasteiger partial charge < -0.3 is 4.42 Å². The first kappa shape index (κ1) is 24.2. The Hall–Kier alpha value is -3.90. The molecule has 7 rings (SSSR count). The highest BCUT2D eigenvalue weighted by Crippen LogP contribution is 2.53. The van der Waals surface area contributed by atoms with Crippen LogP contribution >= 0.6 is 0 Å². The minimum Gasteiger partial charge on any atom is -0.454 e. The summed E-state index contributed by atoms with van der Waals surface area (Å²) in [5.74, 6) is 0.528. The van der Waals surface area contributed by atoms with Crippen molar-refractivity contribution in [3.63, 3.8) is 0 Å². The molecular formula is C36H35N2O+. The zero-order valence-electron chi connectivity index (χ0n) is 23.0. The Morgan fingerprint density at radius 2 is 1.51 bits per heavy atom. The first-order valence-electron chi connectivity index (χ1n) is 14.5. The highest BCUT2D eigenvalue weighted by atomic mass is 16.3. The lowest BCUT2D eigenvalue weighted by molar-refractivity contribution is -0.660. The molecule has 2 saturated carbocycles. The van der Waals surface area contributed by atoms with Gasteiger partial charge in [0.1, 0.15) is 18.2 Å². The number of furan rings is 1. The number of fused-ring (bicyclic) bond motifs is 3. The van der Waals surface area contributed by atoms with Crippen molar-refractivity contribution in [2.24, 2.45) is 12.5 Å². The van der Waals surface area contributed by atoms with Gasteiger partial charge in [0, 0.05) is 28.5 Å². The Morgan fingerprint density at radius 3 is 2.26 bits per heavy atom. The van der Waals surface area contributed by atoms with Crippen LogP contribution in [-0.2, 0) is 7.05 Å². The third-order valence-corrected chi connectivity index (χ3v) is 9.83. The van der Waals surface area contributed by atoms with Gasteiger partial charge in [0.05, 0.1) is 17.2 Å². The number of aromatic nitrogens is 1. The first-order chi connectivity index (χ1) is 19.1. The SMILES string of the molecule is Cc1ccc2c(oc3c(-c4ccccc4C4CCC5(CCCC5)CC4)c(C#N)ccc32)c1-c1cccc[n+]1C. The number of nitrogens with zero attached hydrogens (tertiary/aromatic N) is 2. The highest BCUT2D eigenvalue weighted by Gasteiger charge is 2.38. The molecule has 3 aromatic carbocycles. The summed E-state index contributed by atoms with van der Waals surface area (Å²) in [5.41, 5.74) is 9.88. The smallest absolute Gasteiger partial charge is 0.216 e. The van der Waals surface area contributed by atoms with E-state index >= 15 is 0 Å². The van der Waals surface area contributed by atoms with Crippen molar-refractivity contribution < 1.29 is 8.98 Å². The van der Waals surface area contributed by atoms with Gasteiger partial charge >= 0.3 is 0 Å². The fourth-order valence-electron chi connectivity index (χ4n) is 7.71. The molecule has 0 N–H and O–H groups in total. The summed E-state index contributed by atoms with van der Waals surface area (Å²) in [5, 5.41) is 12.4. The van der Waals surface area contributed by atoms with Crippen LogP contribution in [0.4, 0.5) is 0 Å². The molecule has 3 nitrogen and oxygen atoms in total. The van der Waals surface area contributed by atoms with Crippen LogP contribution < -0.4 is 4.57 Å². The summed E-state index contributed by atoms with van der Waals surface area (Å²) in [6.45, 7) is 2.14. The van der Waals surface area contributed by atoms with Crippen LogP contribution in [-0.4, -0.2) is 0 Å². The number of aryl methyl sites for hydroxylation is 2. The molecule has 2 heterocycles. The van der Waals surface area contributed by atoms with Gasteiger partial charge in [-0.25, -0.2) is 4.57 Å². The van der Waals surface area contributed by atoms with Crippen LogP contribution in [0.5, 0.6) is 0 Å². The minimum atomic E-state index is 0.528. The number of pyridine rings is 1. The van der Waals surface area contributed by atoms with Gasteiger partial charge in [-0.2, -0.15) is 5.26 Å². The second-order valence-corrected chi connectivity index (χ2v) is 12.0. The molecule has 0 atom stereocenters. The van der Waals surface area contributed by atoms with E-state index in [9.17, 15) is 5.26 Å². The van der Waals surface area contributed by atoms with Crippen LogP contribution in [0.1, 0.15) is 74.0 Å². The van der Waals surface area contributed by atoms with Gasteiger partial charge in [-0.05, 0) is 91.7 Å². The molecule has 0 saturated heterocycles. The number of benzene rings is 3. The number of hydrogen-bond acceptors (Lipinski definition) is 2. The largest absolute Gasteiger partial charge is 0.454 e. The van der Waals surface area contributed by atoms with E-state index in [4.69, 9.17) is 4.42 Å². The molecule has 0 amide bonds. The van der Waals surface area contributed by atoms with E-state index in [-0.39, 0.29) is 0 Å². The van der Waals surface area contributed by atoms with Crippen LogP contribution in [0.25, 0.3) is 44.3 Å². The average molecular weight is 512 g/mol. The Morgan fingerprint density at radius 1 is 0.821 bits per heavy atom. The standard InChI is InChI=1S/C36H35N2O/c1-24-12-14-29-30-15-13-26(23-37)33(35(30)39-34(29)32(24)31-11-5-8-22-38(31)2)28-10-4-3-9-27(28)25-16-20-36(21-17-25)18-6-7-19-36/h3-5,8-15,22,25H,6-7,16-21H2,1-2H3/q+1. The van der Waals surface area contributed by atoms with Crippen molar-refractivity contribution >= 4 is 21.9 Å². The van der Waals surface area contributed by atoms with Gasteiger partial charge in [-0.3, -0.25) is 0 Å². The zero-order chi connectivity index (χ0) is 26.6. The Kier molecular flexibility index (Phi) is 5.81. The molecule has 0 bridgehead atoms. The molecule has 0 aliphatic heterocycles. The van der Waals surface area contributed by atoms with E-state index < -0.39 is 0 Å². The van der Waals surface area contributed by atoms with Gasteiger partial charge in [-0.1, -0.05) is 49.2 Å². The molecular weight excluding hydrogens is 476 g/mol. The molecule has 3 heteroatoms. The van der Waals surface area contributed by atoms with Crippen molar-refractivity contribution in [2.75, 3.05) is 0 Å². The molecule has 2 aliphatic rings. The highest BCUT2D eigenvalue weighted by molar-refractivity contribution is 6.14. The van der Waals surface area contributed by atoms with Gasteiger partial charge in [0.25, 0.3) is 0 Å². The average Bonchev–Trinajstić information content (AvgIpc) is 3.58. The number of rotatable bonds is 3. The minimum absolute atomic E-state index is 0.528.